The molecule has 5 heteroatoms. The lowest BCUT2D eigenvalue weighted by molar-refractivity contribution is 0.586. The summed E-state index contributed by atoms with van der Waals surface area (Å²) in [6.45, 7) is 1.73. The van der Waals surface area contributed by atoms with Crippen molar-refractivity contribution in [2.75, 3.05) is 0 Å². The van der Waals surface area contributed by atoms with E-state index in [1.54, 1.807) is 13.0 Å². The molecule has 0 aliphatic carbocycles. The Labute approximate surface area is 98.2 Å². The molecular weight excluding hydrogens is 287 g/mol. The van der Waals surface area contributed by atoms with Crippen molar-refractivity contribution in [2.45, 2.75) is 6.92 Å². The molecule has 1 heterocycles. The average Bonchev–Trinajstić information content (AvgIpc) is 2.18. The van der Waals surface area contributed by atoms with Crippen molar-refractivity contribution in [1.29, 1.82) is 0 Å². The Bertz CT molecular complexity index is 557. The van der Waals surface area contributed by atoms with Crippen molar-refractivity contribution in [2.24, 2.45) is 0 Å². The molecule has 0 aliphatic rings. The first-order valence-electron chi connectivity index (χ1n) is 4.11. The predicted molar refractivity (Wildman–Crippen MR) is 59.1 cm³/mol. The topological polar surface area (TPSA) is 12.9 Å². The van der Waals surface area contributed by atoms with Gasteiger partial charge in [0, 0.05) is 11.5 Å². The molecule has 0 amide bonds. The van der Waals surface area contributed by atoms with E-state index in [0.29, 0.717) is 10.9 Å². The molecule has 0 saturated heterocycles. The van der Waals surface area contributed by atoms with E-state index >= 15 is 0 Å². The first-order valence-corrected chi connectivity index (χ1v) is 5.28. The van der Waals surface area contributed by atoms with Crippen molar-refractivity contribution in [3.05, 3.63) is 39.0 Å². The summed E-state index contributed by atoms with van der Waals surface area (Å²) in [7, 11) is 0. The lowest BCUT2D eigenvalue weighted by atomic mass is 10.1. The number of nitrogens with zero attached hydrogens (tertiary/aromatic N) is 1. The van der Waals surface area contributed by atoms with Crippen LogP contribution >= 0.6 is 27.5 Å². The third-order valence-corrected chi connectivity index (χ3v) is 3.27. The van der Waals surface area contributed by atoms with E-state index < -0.39 is 11.6 Å². The minimum atomic E-state index is -0.715. The van der Waals surface area contributed by atoms with Gasteiger partial charge in [-0.15, -0.1) is 0 Å². The van der Waals surface area contributed by atoms with Crippen LogP contribution in [0.25, 0.3) is 10.9 Å². The zero-order chi connectivity index (χ0) is 11.2. The van der Waals surface area contributed by atoms with Gasteiger partial charge in [-0.05, 0) is 34.5 Å². The van der Waals surface area contributed by atoms with Gasteiger partial charge >= 0.3 is 0 Å². The smallest absolute Gasteiger partial charge is 0.152 e. The molecule has 0 aliphatic heterocycles. The Morgan fingerprint density at radius 2 is 1.93 bits per heavy atom. The van der Waals surface area contributed by atoms with Gasteiger partial charge in [-0.25, -0.2) is 13.8 Å². The van der Waals surface area contributed by atoms with Gasteiger partial charge in [-0.3, -0.25) is 0 Å². The summed E-state index contributed by atoms with van der Waals surface area (Å²) >= 11 is 8.81. The highest BCUT2D eigenvalue weighted by atomic mass is 79.9. The quantitative estimate of drug-likeness (QED) is 0.523. The number of rotatable bonds is 0. The molecule has 0 saturated carbocycles. The maximum atomic E-state index is 13.4. The van der Waals surface area contributed by atoms with Crippen LogP contribution < -0.4 is 0 Å². The van der Waals surface area contributed by atoms with Crippen molar-refractivity contribution in [3.8, 4) is 0 Å². The molecule has 15 heavy (non-hydrogen) atoms. The zero-order valence-corrected chi connectivity index (χ0v) is 9.96. The van der Waals surface area contributed by atoms with Gasteiger partial charge in [0.1, 0.15) is 16.5 Å². The first kappa shape index (κ1) is 10.8. The van der Waals surface area contributed by atoms with Crippen LogP contribution in [0, 0.1) is 18.6 Å². The Kier molecular flexibility index (Phi) is 2.64. The minimum absolute atomic E-state index is 0.0684. The van der Waals surface area contributed by atoms with Gasteiger partial charge in [0.2, 0.25) is 0 Å². The minimum Gasteiger partial charge on any atom is -0.233 e. The highest BCUT2D eigenvalue weighted by Crippen LogP contribution is 2.30. The van der Waals surface area contributed by atoms with E-state index in [4.69, 9.17) is 11.6 Å². The number of halogens is 4. The SMILES string of the molecule is Cc1cc2c(Br)c(F)cc(F)c2nc1Cl. The predicted octanol–water partition coefficient (Wildman–Crippen LogP) is 4.24. The number of fused-ring (bicyclic) bond motifs is 1. The second-order valence-electron chi connectivity index (χ2n) is 3.15. The number of hydrogen-bond donors (Lipinski definition) is 0. The normalized spacial score (nSPS) is 11.0. The van der Waals surface area contributed by atoms with Crippen molar-refractivity contribution >= 4 is 38.4 Å². The van der Waals surface area contributed by atoms with Crippen molar-refractivity contribution in [3.63, 3.8) is 0 Å². The summed E-state index contributed by atoms with van der Waals surface area (Å²) in [5.41, 5.74) is 0.744. The highest BCUT2D eigenvalue weighted by Gasteiger charge is 2.13. The van der Waals surface area contributed by atoms with Gasteiger partial charge in [0.15, 0.2) is 5.82 Å². The fourth-order valence-corrected chi connectivity index (χ4v) is 1.87. The van der Waals surface area contributed by atoms with E-state index in [0.717, 1.165) is 6.07 Å². The standard InChI is InChI=1S/C10H5BrClF2N/c1-4-2-5-8(11)6(13)3-7(14)9(5)15-10(4)12/h2-3H,1H3. The second-order valence-corrected chi connectivity index (χ2v) is 4.30. The monoisotopic (exact) mass is 291 g/mol. The van der Waals surface area contributed by atoms with Crippen molar-refractivity contribution in [1.82, 2.24) is 4.98 Å². The van der Waals surface area contributed by atoms with Crippen LogP contribution in [0.2, 0.25) is 5.15 Å². The molecule has 0 fully saturated rings. The Morgan fingerprint density at radius 1 is 1.27 bits per heavy atom. The van der Waals surface area contributed by atoms with Gasteiger partial charge in [-0.2, -0.15) is 0 Å². The Morgan fingerprint density at radius 3 is 2.60 bits per heavy atom. The summed E-state index contributed by atoms with van der Waals surface area (Å²) in [6, 6.07) is 2.38. The van der Waals surface area contributed by atoms with E-state index in [-0.39, 0.29) is 15.1 Å². The molecule has 1 nitrogen and oxygen atoms in total. The van der Waals surface area contributed by atoms with E-state index in [1.165, 1.54) is 0 Å². The molecule has 0 spiro atoms. The summed E-state index contributed by atoms with van der Waals surface area (Å²) in [6.07, 6.45) is 0. The van der Waals surface area contributed by atoms with Crippen LogP contribution in [0.1, 0.15) is 5.56 Å². The molecule has 1 aromatic heterocycles. The van der Waals surface area contributed by atoms with Crippen LogP contribution in [-0.4, -0.2) is 4.98 Å². The van der Waals surface area contributed by atoms with E-state index in [1.807, 2.05) is 0 Å². The van der Waals surface area contributed by atoms with Gasteiger partial charge in [-0.1, -0.05) is 11.6 Å². The largest absolute Gasteiger partial charge is 0.233 e. The van der Waals surface area contributed by atoms with E-state index in [9.17, 15) is 8.78 Å². The maximum Gasteiger partial charge on any atom is 0.152 e. The molecule has 0 atom stereocenters. The molecule has 1 aromatic carbocycles. The van der Waals surface area contributed by atoms with Crippen LogP contribution in [0.5, 0.6) is 0 Å². The fourth-order valence-electron chi connectivity index (χ4n) is 1.31. The molecule has 2 rings (SSSR count). The Hall–Kier alpha value is -0.740. The molecule has 78 valence electrons. The van der Waals surface area contributed by atoms with Crippen molar-refractivity contribution < 1.29 is 8.78 Å². The summed E-state index contributed by atoms with van der Waals surface area (Å²) in [5.74, 6) is -1.36. The number of benzene rings is 1. The molecule has 0 radical (unpaired) electrons. The number of aromatic nitrogens is 1. The fraction of sp³-hybridized carbons (Fsp3) is 0.100. The molecular formula is C10H5BrClF2N. The lowest BCUT2D eigenvalue weighted by Crippen LogP contribution is -1.92. The van der Waals surface area contributed by atoms with Gasteiger partial charge in [0.25, 0.3) is 0 Å². The third-order valence-electron chi connectivity index (χ3n) is 2.08. The maximum absolute atomic E-state index is 13.4. The third kappa shape index (κ3) is 1.72. The molecule has 0 bridgehead atoms. The zero-order valence-electron chi connectivity index (χ0n) is 7.61. The highest BCUT2D eigenvalue weighted by molar-refractivity contribution is 9.10. The number of pyridine rings is 1. The number of aryl methyl sites for hydroxylation is 1. The summed E-state index contributed by atoms with van der Waals surface area (Å²) < 4.78 is 26.8. The Balaban J connectivity index is 2.97. The van der Waals surface area contributed by atoms with Crippen LogP contribution in [-0.2, 0) is 0 Å². The van der Waals surface area contributed by atoms with Crippen LogP contribution in [0.4, 0.5) is 8.78 Å². The van der Waals surface area contributed by atoms with Gasteiger partial charge in [0.05, 0.1) is 4.47 Å². The molecule has 0 unspecified atom stereocenters. The first-order chi connectivity index (χ1) is 7.00. The van der Waals surface area contributed by atoms with Gasteiger partial charge < -0.3 is 0 Å². The summed E-state index contributed by atoms with van der Waals surface area (Å²) in [5, 5.41) is 0.606. The van der Waals surface area contributed by atoms with E-state index in [2.05, 4.69) is 20.9 Å². The lowest BCUT2D eigenvalue weighted by Gasteiger charge is -2.05. The number of hydrogen-bond acceptors (Lipinski definition) is 1. The van der Waals surface area contributed by atoms with Crippen LogP contribution in [0.15, 0.2) is 16.6 Å². The summed E-state index contributed by atoms with van der Waals surface area (Å²) in [4.78, 5) is 3.87. The van der Waals surface area contributed by atoms with Crippen LogP contribution in [0.3, 0.4) is 0 Å². The average molecular weight is 293 g/mol. The second kappa shape index (κ2) is 3.68. The molecule has 2 aromatic rings. The molecule has 0 N–H and O–H groups in total.